The van der Waals surface area contributed by atoms with E-state index in [9.17, 15) is 14.4 Å². The molecule has 132 valence electrons. The minimum Gasteiger partial charge on any atom is -0.481 e. The van der Waals surface area contributed by atoms with Crippen molar-refractivity contribution in [3.8, 4) is 0 Å². The highest BCUT2D eigenvalue weighted by molar-refractivity contribution is 5.86. The van der Waals surface area contributed by atoms with Gasteiger partial charge in [-0.3, -0.25) is 9.59 Å². The molecule has 0 unspecified atom stereocenters. The minimum absolute atomic E-state index is 0.0162. The number of ether oxygens (including phenoxy) is 1. The molecule has 0 bridgehead atoms. The van der Waals surface area contributed by atoms with Crippen LogP contribution in [-0.2, 0) is 20.9 Å². The Morgan fingerprint density at radius 3 is 2.33 bits per heavy atom. The van der Waals surface area contributed by atoms with Crippen molar-refractivity contribution in [3.05, 3.63) is 35.9 Å². The topological polar surface area (TPSA) is 105 Å². The fourth-order valence-electron chi connectivity index (χ4n) is 1.90. The molecule has 0 radical (unpaired) electrons. The van der Waals surface area contributed by atoms with E-state index >= 15 is 0 Å². The predicted molar refractivity (Wildman–Crippen MR) is 88.3 cm³/mol. The standard InChI is InChI=1S/C17H24N2O5/c1-17(2,3)19-15(22)13(9-10-14(20)21)18-16(23)24-11-12-7-5-4-6-8-12/h4-8,13H,9-11H2,1-3H3,(H,18,23)(H,19,22)(H,20,21)/t13-/m0/s1. The molecule has 0 saturated heterocycles. The van der Waals surface area contributed by atoms with Crippen molar-refractivity contribution in [2.45, 2.75) is 51.8 Å². The molecule has 0 fully saturated rings. The largest absolute Gasteiger partial charge is 0.481 e. The van der Waals surface area contributed by atoms with Gasteiger partial charge in [0.2, 0.25) is 5.91 Å². The summed E-state index contributed by atoms with van der Waals surface area (Å²) in [5.41, 5.74) is 0.322. The zero-order chi connectivity index (χ0) is 18.2. The van der Waals surface area contributed by atoms with Crippen molar-refractivity contribution < 1.29 is 24.2 Å². The van der Waals surface area contributed by atoms with Gasteiger partial charge in [-0.2, -0.15) is 0 Å². The second-order valence-corrected chi connectivity index (χ2v) is 6.43. The number of benzene rings is 1. The van der Waals surface area contributed by atoms with Gasteiger partial charge < -0.3 is 20.5 Å². The Morgan fingerprint density at radius 2 is 1.79 bits per heavy atom. The lowest BCUT2D eigenvalue weighted by atomic mass is 10.1. The van der Waals surface area contributed by atoms with E-state index in [4.69, 9.17) is 9.84 Å². The van der Waals surface area contributed by atoms with E-state index in [0.717, 1.165) is 5.56 Å². The molecular formula is C17H24N2O5. The van der Waals surface area contributed by atoms with Gasteiger partial charge in [-0.25, -0.2) is 4.79 Å². The third kappa shape index (κ3) is 8.17. The Bertz CT molecular complexity index is 566. The summed E-state index contributed by atoms with van der Waals surface area (Å²) in [6.07, 6.45) is -1.02. The van der Waals surface area contributed by atoms with E-state index in [1.54, 1.807) is 20.8 Å². The summed E-state index contributed by atoms with van der Waals surface area (Å²) in [4.78, 5) is 34.8. The van der Waals surface area contributed by atoms with Gasteiger partial charge in [-0.15, -0.1) is 0 Å². The number of carboxylic acid groups (broad SMARTS) is 1. The number of rotatable bonds is 7. The molecule has 1 atom stereocenters. The van der Waals surface area contributed by atoms with Crippen LogP contribution < -0.4 is 10.6 Å². The summed E-state index contributed by atoms with van der Waals surface area (Å²) in [7, 11) is 0. The SMILES string of the molecule is CC(C)(C)NC(=O)[C@H](CCC(=O)O)NC(=O)OCc1ccccc1. The van der Waals surface area contributed by atoms with E-state index < -0.39 is 29.6 Å². The third-order valence-corrected chi connectivity index (χ3v) is 2.97. The fourth-order valence-corrected chi connectivity index (χ4v) is 1.90. The van der Waals surface area contributed by atoms with Crippen LogP contribution >= 0.6 is 0 Å². The van der Waals surface area contributed by atoms with Crippen LogP contribution in [0.5, 0.6) is 0 Å². The first kappa shape index (κ1) is 19.5. The van der Waals surface area contributed by atoms with Crippen LogP contribution in [0.1, 0.15) is 39.2 Å². The summed E-state index contributed by atoms with van der Waals surface area (Å²) in [6, 6.07) is 8.14. The van der Waals surface area contributed by atoms with Gasteiger partial charge in [0, 0.05) is 12.0 Å². The number of aliphatic carboxylic acids is 1. The lowest BCUT2D eigenvalue weighted by Gasteiger charge is -2.25. The van der Waals surface area contributed by atoms with Crippen molar-refractivity contribution >= 4 is 18.0 Å². The van der Waals surface area contributed by atoms with Gasteiger partial charge in [-0.1, -0.05) is 30.3 Å². The van der Waals surface area contributed by atoms with E-state index in [-0.39, 0.29) is 19.4 Å². The normalized spacial score (nSPS) is 12.1. The number of hydrogen-bond donors (Lipinski definition) is 3. The predicted octanol–water partition coefficient (Wildman–Crippen LogP) is 2.06. The molecule has 0 spiro atoms. The fraction of sp³-hybridized carbons (Fsp3) is 0.471. The first-order valence-electron chi connectivity index (χ1n) is 7.68. The van der Waals surface area contributed by atoms with Gasteiger partial charge in [0.1, 0.15) is 12.6 Å². The molecule has 1 aromatic rings. The average molecular weight is 336 g/mol. The lowest BCUT2D eigenvalue weighted by molar-refractivity contribution is -0.137. The molecule has 3 N–H and O–H groups in total. The van der Waals surface area contributed by atoms with Crippen molar-refractivity contribution in [1.29, 1.82) is 0 Å². The number of carbonyl (C=O) groups excluding carboxylic acids is 2. The molecule has 1 aromatic carbocycles. The van der Waals surface area contributed by atoms with Gasteiger partial charge in [-0.05, 0) is 32.8 Å². The minimum atomic E-state index is -1.04. The maximum Gasteiger partial charge on any atom is 0.408 e. The molecule has 0 aromatic heterocycles. The number of carbonyl (C=O) groups is 3. The smallest absolute Gasteiger partial charge is 0.408 e. The first-order valence-corrected chi connectivity index (χ1v) is 7.68. The molecule has 24 heavy (non-hydrogen) atoms. The maximum absolute atomic E-state index is 12.2. The molecule has 0 aliphatic rings. The zero-order valence-corrected chi connectivity index (χ0v) is 14.2. The highest BCUT2D eigenvalue weighted by Crippen LogP contribution is 2.05. The molecule has 2 amide bonds. The molecule has 7 heteroatoms. The first-order chi connectivity index (χ1) is 11.2. The lowest BCUT2D eigenvalue weighted by Crippen LogP contribution is -2.52. The van der Waals surface area contributed by atoms with E-state index in [1.807, 2.05) is 30.3 Å². The number of carboxylic acids is 1. The summed E-state index contributed by atoms with van der Waals surface area (Å²) in [5.74, 6) is -1.48. The number of nitrogens with one attached hydrogen (secondary N) is 2. The van der Waals surface area contributed by atoms with Crippen LogP contribution in [0.4, 0.5) is 4.79 Å². The van der Waals surface area contributed by atoms with E-state index in [2.05, 4.69) is 10.6 Å². The van der Waals surface area contributed by atoms with E-state index in [1.165, 1.54) is 0 Å². The molecule has 0 saturated carbocycles. The van der Waals surface area contributed by atoms with Gasteiger partial charge >= 0.3 is 12.1 Å². The van der Waals surface area contributed by atoms with Crippen molar-refractivity contribution in [2.24, 2.45) is 0 Å². The molecule has 7 nitrogen and oxygen atoms in total. The van der Waals surface area contributed by atoms with Gasteiger partial charge in [0.05, 0.1) is 0 Å². The Hall–Kier alpha value is -2.57. The summed E-state index contributed by atoms with van der Waals surface area (Å²) in [5, 5.41) is 13.9. The molecule has 0 aliphatic heterocycles. The van der Waals surface area contributed by atoms with Crippen LogP contribution in [0, 0.1) is 0 Å². The summed E-state index contributed by atoms with van der Waals surface area (Å²) < 4.78 is 5.07. The molecular weight excluding hydrogens is 312 g/mol. The molecule has 1 rings (SSSR count). The summed E-state index contributed by atoms with van der Waals surface area (Å²) in [6.45, 7) is 5.46. The number of alkyl carbamates (subject to hydrolysis) is 1. The van der Waals surface area contributed by atoms with Crippen LogP contribution in [0.2, 0.25) is 0 Å². The quantitative estimate of drug-likeness (QED) is 0.707. The Labute approximate surface area is 141 Å². The number of amides is 2. The van der Waals surface area contributed by atoms with Crippen molar-refractivity contribution in [2.75, 3.05) is 0 Å². The second kappa shape index (κ2) is 8.90. The van der Waals surface area contributed by atoms with Crippen LogP contribution in [0.3, 0.4) is 0 Å². The van der Waals surface area contributed by atoms with Gasteiger partial charge in [0.25, 0.3) is 0 Å². The highest BCUT2D eigenvalue weighted by Gasteiger charge is 2.25. The van der Waals surface area contributed by atoms with E-state index in [0.29, 0.717) is 0 Å². The average Bonchev–Trinajstić information content (AvgIpc) is 2.48. The monoisotopic (exact) mass is 336 g/mol. The zero-order valence-electron chi connectivity index (χ0n) is 14.2. The highest BCUT2D eigenvalue weighted by atomic mass is 16.5. The Morgan fingerprint density at radius 1 is 1.17 bits per heavy atom. The second-order valence-electron chi connectivity index (χ2n) is 6.43. The number of hydrogen-bond acceptors (Lipinski definition) is 4. The van der Waals surface area contributed by atoms with Gasteiger partial charge in [0.15, 0.2) is 0 Å². The van der Waals surface area contributed by atoms with Crippen molar-refractivity contribution in [3.63, 3.8) is 0 Å². The molecule has 0 aliphatic carbocycles. The van der Waals surface area contributed by atoms with Crippen molar-refractivity contribution in [1.82, 2.24) is 10.6 Å². The Balaban J connectivity index is 2.60. The maximum atomic E-state index is 12.2. The third-order valence-electron chi connectivity index (χ3n) is 2.97. The van der Waals surface area contributed by atoms with Crippen LogP contribution in [0.25, 0.3) is 0 Å². The molecule has 0 heterocycles. The van der Waals surface area contributed by atoms with Crippen LogP contribution in [-0.4, -0.2) is 34.7 Å². The van der Waals surface area contributed by atoms with Crippen LogP contribution in [0.15, 0.2) is 30.3 Å². The summed E-state index contributed by atoms with van der Waals surface area (Å²) >= 11 is 0. The Kier molecular flexibility index (Phi) is 7.23.